The summed E-state index contributed by atoms with van der Waals surface area (Å²) in [4.78, 5) is 17.4. The van der Waals surface area contributed by atoms with Crippen LogP contribution >= 0.6 is 0 Å². The SMILES string of the molecule is CC1CN2CCCC2CN1C(=O)C1CCCNC1. The highest BCUT2D eigenvalue weighted by molar-refractivity contribution is 5.79. The lowest BCUT2D eigenvalue weighted by Crippen LogP contribution is -2.58. The molecule has 0 saturated carbocycles. The summed E-state index contributed by atoms with van der Waals surface area (Å²) in [5, 5.41) is 3.36. The fourth-order valence-corrected chi connectivity index (χ4v) is 3.79. The highest BCUT2D eigenvalue weighted by Gasteiger charge is 2.38. The molecular formula is C14H25N3O. The minimum absolute atomic E-state index is 0.231. The lowest BCUT2D eigenvalue weighted by molar-refractivity contribution is -0.141. The van der Waals surface area contributed by atoms with Crippen molar-refractivity contribution in [3.05, 3.63) is 0 Å². The molecule has 3 heterocycles. The van der Waals surface area contributed by atoms with E-state index in [-0.39, 0.29) is 5.92 Å². The Bertz CT molecular complexity index is 314. The number of hydrogen-bond donors (Lipinski definition) is 1. The predicted molar refractivity (Wildman–Crippen MR) is 71.4 cm³/mol. The van der Waals surface area contributed by atoms with Crippen molar-refractivity contribution >= 4 is 5.91 Å². The van der Waals surface area contributed by atoms with Crippen LogP contribution in [0.3, 0.4) is 0 Å². The van der Waals surface area contributed by atoms with Gasteiger partial charge in [-0.05, 0) is 45.7 Å². The number of fused-ring (bicyclic) bond motifs is 1. The molecule has 3 aliphatic heterocycles. The molecule has 18 heavy (non-hydrogen) atoms. The second kappa shape index (κ2) is 5.17. The number of hydrogen-bond acceptors (Lipinski definition) is 3. The van der Waals surface area contributed by atoms with Gasteiger partial charge in [0, 0.05) is 31.7 Å². The average molecular weight is 251 g/mol. The predicted octanol–water partition coefficient (Wildman–Crippen LogP) is 0.681. The van der Waals surface area contributed by atoms with Crippen LogP contribution in [0, 0.1) is 5.92 Å². The molecule has 3 atom stereocenters. The lowest BCUT2D eigenvalue weighted by Gasteiger charge is -2.44. The second-order valence-electron chi connectivity index (χ2n) is 6.17. The van der Waals surface area contributed by atoms with Crippen LogP contribution in [0.1, 0.15) is 32.6 Å². The summed E-state index contributed by atoms with van der Waals surface area (Å²) in [6.07, 6.45) is 4.81. The standard InChI is InChI=1S/C14H25N3O/c1-11-9-16-7-3-5-13(16)10-17(11)14(18)12-4-2-6-15-8-12/h11-13,15H,2-10H2,1H3. The van der Waals surface area contributed by atoms with Gasteiger partial charge in [0.15, 0.2) is 0 Å². The first-order chi connectivity index (χ1) is 8.75. The summed E-state index contributed by atoms with van der Waals surface area (Å²) in [7, 11) is 0. The van der Waals surface area contributed by atoms with E-state index in [2.05, 4.69) is 22.0 Å². The van der Waals surface area contributed by atoms with E-state index in [9.17, 15) is 4.79 Å². The Morgan fingerprint density at radius 3 is 2.89 bits per heavy atom. The normalized spacial score (nSPS) is 37.6. The number of nitrogens with zero attached hydrogens (tertiary/aromatic N) is 2. The Hall–Kier alpha value is -0.610. The average Bonchev–Trinajstić information content (AvgIpc) is 2.85. The van der Waals surface area contributed by atoms with Crippen LogP contribution in [0.25, 0.3) is 0 Å². The van der Waals surface area contributed by atoms with Crippen molar-refractivity contribution in [2.45, 2.75) is 44.7 Å². The van der Waals surface area contributed by atoms with Gasteiger partial charge in [-0.2, -0.15) is 0 Å². The van der Waals surface area contributed by atoms with Gasteiger partial charge in [0.25, 0.3) is 0 Å². The summed E-state index contributed by atoms with van der Waals surface area (Å²) in [5.74, 6) is 0.635. The van der Waals surface area contributed by atoms with E-state index < -0.39 is 0 Å². The topological polar surface area (TPSA) is 35.6 Å². The molecule has 102 valence electrons. The molecule has 0 radical (unpaired) electrons. The fraction of sp³-hybridized carbons (Fsp3) is 0.929. The number of rotatable bonds is 1. The number of carbonyl (C=O) groups is 1. The number of piperazine rings is 1. The van der Waals surface area contributed by atoms with E-state index in [1.54, 1.807) is 0 Å². The number of carbonyl (C=O) groups excluding carboxylic acids is 1. The molecular weight excluding hydrogens is 226 g/mol. The van der Waals surface area contributed by atoms with Crippen molar-refractivity contribution in [3.63, 3.8) is 0 Å². The third kappa shape index (κ3) is 2.28. The highest BCUT2D eigenvalue weighted by atomic mass is 16.2. The molecule has 0 aliphatic carbocycles. The highest BCUT2D eigenvalue weighted by Crippen LogP contribution is 2.26. The van der Waals surface area contributed by atoms with Crippen LogP contribution < -0.4 is 5.32 Å². The smallest absolute Gasteiger partial charge is 0.227 e. The largest absolute Gasteiger partial charge is 0.337 e. The van der Waals surface area contributed by atoms with Crippen molar-refractivity contribution in [2.75, 3.05) is 32.7 Å². The lowest BCUT2D eigenvalue weighted by atomic mass is 9.96. The summed E-state index contributed by atoms with van der Waals surface area (Å²) >= 11 is 0. The Balaban J connectivity index is 1.65. The van der Waals surface area contributed by atoms with Gasteiger partial charge in [-0.3, -0.25) is 9.69 Å². The van der Waals surface area contributed by atoms with Crippen LogP contribution in [-0.2, 0) is 4.79 Å². The maximum Gasteiger partial charge on any atom is 0.227 e. The summed E-state index contributed by atoms with van der Waals surface area (Å²) in [5.41, 5.74) is 0. The molecule has 0 aromatic carbocycles. The van der Waals surface area contributed by atoms with E-state index in [0.717, 1.165) is 39.0 Å². The van der Waals surface area contributed by atoms with E-state index in [1.807, 2.05) is 0 Å². The fourth-order valence-electron chi connectivity index (χ4n) is 3.79. The molecule has 0 spiro atoms. The Morgan fingerprint density at radius 2 is 2.11 bits per heavy atom. The van der Waals surface area contributed by atoms with Gasteiger partial charge in [0.1, 0.15) is 0 Å². The molecule has 3 unspecified atom stereocenters. The Morgan fingerprint density at radius 1 is 1.22 bits per heavy atom. The first kappa shape index (κ1) is 12.4. The third-order valence-electron chi connectivity index (χ3n) is 4.87. The molecule has 0 aromatic rings. The van der Waals surface area contributed by atoms with Crippen molar-refractivity contribution in [1.29, 1.82) is 0 Å². The van der Waals surface area contributed by atoms with Crippen molar-refractivity contribution < 1.29 is 4.79 Å². The first-order valence-electron chi connectivity index (χ1n) is 7.51. The maximum atomic E-state index is 12.6. The van der Waals surface area contributed by atoms with Crippen LogP contribution in [0.4, 0.5) is 0 Å². The van der Waals surface area contributed by atoms with Crippen LogP contribution in [0.15, 0.2) is 0 Å². The van der Waals surface area contributed by atoms with Gasteiger partial charge in [-0.25, -0.2) is 0 Å². The van der Waals surface area contributed by atoms with E-state index >= 15 is 0 Å². The summed E-state index contributed by atoms with van der Waals surface area (Å²) in [6.45, 7) is 7.46. The molecule has 4 heteroatoms. The third-order valence-corrected chi connectivity index (χ3v) is 4.87. The van der Waals surface area contributed by atoms with Crippen LogP contribution in [0.2, 0.25) is 0 Å². The van der Waals surface area contributed by atoms with Crippen LogP contribution in [0.5, 0.6) is 0 Å². The van der Waals surface area contributed by atoms with Crippen molar-refractivity contribution in [2.24, 2.45) is 5.92 Å². The summed E-state index contributed by atoms with van der Waals surface area (Å²) < 4.78 is 0. The van der Waals surface area contributed by atoms with Gasteiger partial charge in [-0.1, -0.05) is 0 Å². The molecule has 1 N–H and O–H groups in total. The Kier molecular flexibility index (Phi) is 3.57. The number of nitrogens with one attached hydrogen (secondary N) is 1. The van der Waals surface area contributed by atoms with Crippen LogP contribution in [-0.4, -0.2) is 60.5 Å². The molecule has 0 aromatic heterocycles. The van der Waals surface area contributed by atoms with E-state index in [0.29, 0.717) is 18.0 Å². The molecule has 0 bridgehead atoms. The van der Waals surface area contributed by atoms with Gasteiger partial charge in [-0.15, -0.1) is 0 Å². The zero-order valence-electron chi connectivity index (χ0n) is 11.4. The maximum absolute atomic E-state index is 12.6. The van der Waals surface area contributed by atoms with Crippen molar-refractivity contribution in [1.82, 2.24) is 15.1 Å². The molecule has 3 fully saturated rings. The van der Waals surface area contributed by atoms with E-state index in [1.165, 1.54) is 19.4 Å². The zero-order valence-corrected chi connectivity index (χ0v) is 11.4. The van der Waals surface area contributed by atoms with E-state index in [4.69, 9.17) is 0 Å². The minimum atomic E-state index is 0.231. The zero-order chi connectivity index (χ0) is 12.5. The molecule has 3 rings (SSSR count). The van der Waals surface area contributed by atoms with Gasteiger partial charge < -0.3 is 10.2 Å². The van der Waals surface area contributed by atoms with Crippen molar-refractivity contribution in [3.8, 4) is 0 Å². The summed E-state index contributed by atoms with van der Waals surface area (Å²) in [6, 6.07) is 1.04. The number of piperidine rings is 1. The first-order valence-corrected chi connectivity index (χ1v) is 7.51. The minimum Gasteiger partial charge on any atom is -0.337 e. The van der Waals surface area contributed by atoms with Gasteiger partial charge in [0.2, 0.25) is 5.91 Å². The quantitative estimate of drug-likeness (QED) is 0.744. The second-order valence-corrected chi connectivity index (χ2v) is 6.17. The monoisotopic (exact) mass is 251 g/mol. The molecule has 3 saturated heterocycles. The van der Waals surface area contributed by atoms with Gasteiger partial charge in [0.05, 0.1) is 5.92 Å². The molecule has 3 aliphatic rings. The molecule has 1 amide bonds. The van der Waals surface area contributed by atoms with Gasteiger partial charge >= 0.3 is 0 Å². The Labute approximate surface area is 110 Å². The molecule has 4 nitrogen and oxygen atoms in total. The number of amides is 1.